The summed E-state index contributed by atoms with van der Waals surface area (Å²) in [7, 11) is 0. The number of rotatable bonds is 4. The second kappa shape index (κ2) is 6.72. The monoisotopic (exact) mass is 357 g/mol. The lowest BCUT2D eigenvalue weighted by Crippen LogP contribution is -2.29. The van der Waals surface area contributed by atoms with Gasteiger partial charge in [0.1, 0.15) is 12.4 Å². The van der Waals surface area contributed by atoms with Crippen molar-refractivity contribution in [1.82, 2.24) is 0 Å². The van der Waals surface area contributed by atoms with E-state index in [-0.39, 0.29) is 11.8 Å². The molecule has 4 nitrogen and oxygen atoms in total. The molecule has 134 valence electrons. The third-order valence-corrected chi connectivity index (χ3v) is 4.69. The van der Waals surface area contributed by atoms with Crippen molar-refractivity contribution in [3.8, 4) is 5.75 Å². The molecule has 0 spiro atoms. The summed E-state index contributed by atoms with van der Waals surface area (Å²) in [6.07, 6.45) is 0. The van der Waals surface area contributed by atoms with Gasteiger partial charge in [0.25, 0.3) is 11.8 Å². The Hall–Kier alpha value is -3.40. The Morgan fingerprint density at radius 2 is 1.52 bits per heavy atom. The number of benzene rings is 3. The summed E-state index contributed by atoms with van der Waals surface area (Å²) in [6.45, 7) is 4.42. The molecule has 0 saturated heterocycles. The average Bonchev–Trinajstić information content (AvgIpc) is 2.92. The third-order valence-electron chi connectivity index (χ3n) is 4.69. The van der Waals surface area contributed by atoms with Gasteiger partial charge >= 0.3 is 0 Å². The summed E-state index contributed by atoms with van der Waals surface area (Å²) < 4.78 is 5.92. The van der Waals surface area contributed by atoms with Gasteiger partial charge in [-0.3, -0.25) is 9.59 Å². The number of anilines is 1. The largest absolute Gasteiger partial charge is 0.489 e. The molecule has 27 heavy (non-hydrogen) atoms. The maximum atomic E-state index is 12.6. The highest BCUT2D eigenvalue weighted by atomic mass is 16.5. The van der Waals surface area contributed by atoms with Crippen molar-refractivity contribution in [2.24, 2.45) is 0 Å². The number of ether oxygens (including phenoxy) is 1. The Balaban J connectivity index is 1.57. The second-order valence-corrected chi connectivity index (χ2v) is 6.72. The quantitative estimate of drug-likeness (QED) is 0.637. The van der Waals surface area contributed by atoms with Gasteiger partial charge in [-0.25, -0.2) is 4.90 Å². The molecule has 3 aromatic carbocycles. The van der Waals surface area contributed by atoms with Crippen molar-refractivity contribution in [3.05, 3.63) is 94.5 Å². The Labute approximate surface area is 158 Å². The van der Waals surface area contributed by atoms with Crippen LogP contribution in [0.25, 0.3) is 0 Å². The molecule has 0 atom stereocenters. The Morgan fingerprint density at radius 3 is 2.19 bits per heavy atom. The molecule has 0 unspecified atom stereocenters. The highest BCUT2D eigenvalue weighted by Gasteiger charge is 2.36. The van der Waals surface area contributed by atoms with E-state index < -0.39 is 0 Å². The molecule has 1 aliphatic heterocycles. The van der Waals surface area contributed by atoms with Gasteiger partial charge in [-0.1, -0.05) is 42.0 Å². The summed E-state index contributed by atoms with van der Waals surface area (Å²) in [5.41, 5.74) is 4.60. The van der Waals surface area contributed by atoms with Gasteiger partial charge in [-0.15, -0.1) is 0 Å². The Kier molecular flexibility index (Phi) is 4.24. The van der Waals surface area contributed by atoms with Crippen molar-refractivity contribution in [2.75, 3.05) is 4.90 Å². The topological polar surface area (TPSA) is 46.6 Å². The first kappa shape index (κ1) is 17.0. The minimum Gasteiger partial charge on any atom is -0.489 e. The molecule has 0 radical (unpaired) electrons. The zero-order valence-electron chi connectivity index (χ0n) is 15.2. The molecular weight excluding hydrogens is 338 g/mol. The van der Waals surface area contributed by atoms with Crippen molar-refractivity contribution in [3.63, 3.8) is 0 Å². The number of amides is 2. The van der Waals surface area contributed by atoms with Gasteiger partial charge in [-0.2, -0.15) is 0 Å². The fraction of sp³-hybridized carbons (Fsp3) is 0.130. The number of imide groups is 1. The summed E-state index contributed by atoms with van der Waals surface area (Å²) >= 11 is 0. The third kappa shape index (κ3) is 3.10. The Morgan fingerprint density at radius 1 is 0.815 bits per heavy atom. The van der Waals surface area contributed by atoms with Gasteiger partial charge in [0.15, 0.2) is 0 Å². The minimum absolute atomic E-state index is 0.289. The van der Waals surface area contributed by atoms with Gasteiger partial charge < -0.3 is 4.74 Å². The number of carbonyl (C=O) groups excluding carboxylic acids is 2. The van der Waals surface area contributed by atoms with E-state index in [0.29, 0.717) is 23.4 Å². The fourth-order valence-electron chi connectivity index (χ4n) is 3.33. The average molecular weight is 357 g/mol. The summed E-state index contributed by atoms with van der Waals surface area (Å²) in [5.74, 6) is 0.248. The molecular formula is C23H19NO3. The predicted octanol–water partition coefficient (Wildman–Crippen LogP) is 4.68. The first-order chi connectivity index (χ1) is 13.0. The zero-order chi connectivity index (χ0) is 19.0. The molecule has 4 heteroatoms. The van der Waals surface area contributed by atoms with E-state index in [0.717, 1.165) is 16.9 Å². The van der Waals surface area contributed by atoms with Gasteiger partial charge in [-0.05, 0) is 55.3 Å². The first-order valence-corrected chi connectivity index (χ1v) is 8.81. The molecule has 2 amide bonds. The molecule has 0 N–H and O–H groups in total. The van der Waals surface area contributed by atoms with Crippen molar-refractivity contribution in [2.45, 2.75) is 20.5 Å². The SMILES string of the molecule is Cc1ccc(OCc2cccc(N3C(=O)c4ccccc4C3=O)c2)c(C)c1. The maximum Gasteiger partial charge on any atom is 0.266 e. The smallest absolute Gasteiger partial charge is 0.266 e. The molecule has 0 aliphatic carbocycles. The molecule has 0 aromatic heterocycles. The highest BCUT2D eigenvalue weighted by molar-refractivity contribution is 6.34. The van der Waals surface area contributed by atoms with E-state index in [1.54, 1.807) is 30.3 Å². The maximum absolute atomic E-state index is 12.6. The molecule has 0 saturated carbocycles. The van der Waals surface area contributed by atoms with Crippen molar-refractivity contribution < 1.29 is 14.3 Å². The van der Waals surface area contributed by atoms with Crippen LogP contribution in [0.3, 0.4) is 0 Å². The van der Waals surface area contributed by atoms with Gasteiger partial charge in [0.2, 0.25) is 0 Å². The number of carbonyl (C=O) groups is 2. The molecule has 0 fully saturated rings. The van der Waals surface area contributed by atoms with Crippen LogP contribution < -0.4 is 9.64 Å². The van der Waals surface area contributed by atoms with Crippen LogP contribution in [-0.4, -0.2) is 11.8 Å². The lowest BCUT2D eigenvalue weighted by Gasteiger charge is -2.16. The van der Waals surface area contributed by atoms with Crippen LogP contribution in [0.1, 0.15) is 37.4 Å². The molecule has 3 aromatic rings. The second-order valence-electron chi connectivity index (χ2n) is 6.72. The fourth-order valence-corrected chi connectivity index (χ4v) is 3.33. The number of hydrogen-bond donors (Lipinski definition) is 0. The van der Waals surface area contributed by atoms with E-state index in [2.05, 4.69) is 6.07 Å². The minimum atomic E-state index is -0.289. The lowest BCUT2D eigenvalue weighted by molar-refractivity contribution is 0.0926. The Bertz CT molecular complexity index is 1020. The van der Waals surface area contributed by atoms with E-state index in [1.165, 1.54) is 10.5 Å². The molecule has 0 bridgehead atoms. The standard InChI is InChI=1S/C23H19NO3/c1-15-10-11-21(16(2)12-15)27-14-17-6-5-7-18(13-17)24-22(25)19-8-3-4-9-20(19)23(24)26/h3-13H,14H2,1-2H3. The van der Waals surface area contributed by atoms with E-state index >= 15 is 0 Å². The number of hydrogen-bond acceptors (Lipinski definition) is 3. The van der Waals surface area contributed by atoms with Crippen LogP contribution >= 0.6 is 0 Å². The van der Waals surface area contributed by atoms with E-state index in [1.807, 2.05) is 44.2 Å². The van der Waals surface area contributed by atoms with Crippen LogP contribution in [-0.2, 0) is 6.61 Å². The van der Waals surface area contributed by atoms with Crippen LogP contribution in [0.15, 0.2) is 66.7 Å². The highest BCUT2D eigenvalue weighted by Crippen LogP contribution is 2.29. The lowest BCUT2D eigenvalue weighted by atomic mass is 10.1. The van der Waals surface area contributed by atoms with Crippen molar-refractivity contribution >= 4 is 17.5 Å². The van der Waals surface area contributed by atoms with Crippen LogP contribution in [0, 0.1) is 13.8 Å². The predicted molar refractivity (Wildman–Crippen MR) is 104 cm³/mol. The van der Waals surface area contributed by atoms with Crippen molar-refractivity contribution in [1.29, 1.82) is 0 Å². The zero-order valence-corrected chi connectivity index (χ0v) is 15.2. The number of aryl methyl sites for hydroxylation is 2. The normalized spacial score (nSPS) is 13.0. The molecule has 4 rings (SSSR count). The summed E-state index contributed by atoms with van der Waals surface area (Å²) in [6, 6.07) is 20.3. The molecule has 1 heterocycles. The first-order valence-electron chi connectivity index (χ1n) is 8.81. The number of fused-ring (bicyclic) bond motifs is 1. The number of nitrogens with zero attached hydrogens (tertiary/aromatic N) is 1. The summed E-state index contributed by atoms with van der Waals surface area (Å²) in [4.78, 5) is 26.5. The van der Waals surface area contributed by atoms with Gasteiger partial charge in [0.05, 0.1) is 16.8 Å². The van der Waals surface area contributed by atoms with Crippen LogP contribution in [0.2, 0.25) is 0 Å². The molecule has 1 aliphatic rings. The summed E-state index contributed by atoms with van der Waals surface area (Å²) in [5, 5.41) is 0. The van der Waals surface area contributed by atoms with E-state index in [9.17, 15) is 9.59 Å². The van der Waals surface area contributed by atoms with E-state index in [4.69, 9.17) is 4.74 Å². The van der Waals surface area contributed by atoms with Crippen LogP contribution in [0.5, 0.6) is 5.75 Å². The van der Waals surface area contributed by atoms with Gasteiger partial charge in [0, 0.05) is 0 Å². The van der Waals surface area contributed by atoms with Crippen LogP contribution in [0.4, 0.5) is 5.69 Å².